The lowest BCUT2D eigenvalue weighted by atomic mass is 9.90. The van der Waals surface area contributed by atoms with Crippen LogP contribution in [0.15, 0.2) is 18.3 Å². The fraction of sp³-hybridized carbons (Fsp3) is 0.583. The number of rotatable bonds is 1. The maximum Gasteiger partial charge on any atom is 0.129 e. The van der Waals surface area contributed by atoms with Gasteiger partial charge in [-0.3, -0.25) is 0 Å². The van der Waals surface area contributed by atoms with E-state index in [9.17, 15) is 0 Å². The van der Waals surface area contributed by atoms with Crippen molar-refractivity contribution in [3.63, 3.8) is 0 Å². The Bertz CT molecular complexity index is 349. The normalized spacial score (nSPS) is 34.3. The van der Waals surface area contributed by atoms with Gasteiger partial charge in [0.1, 0.15) is 5.15 Å². The largest absolute Gasteiger partial charge is 0.309 e. The molecule has 3 unspecified atom stereocenters. The van der Waals surface area contributed by atoms with Gasteiger partial charge in [-0.25, -0.2) is 4.98 Å². The van der Waals surface area contributed by atoms with E-state index in [1.165, 1.54) is 31.4 Å². The molecule has 2 fully saturated rings. The van der Waals surface area contributed by atoms with E-state index in [2.05, 4.69) is 16.4 Å². The van der Waals surface area contributed by atoms with Crippen molar-refractivity contribution in [1.29, 1.82) is 0 Å². The van der Waals surface area contributed by atoms with Crippen molar-refractivity contribution in [2.24, 2.45) is 11.8 Å². The van der Waals surface area contributed by atoms with Crippen molar-refractivity contribution in [3.8, 4) is 0 Å². The summed E-state index contributed by atoms with van der Waals surface area (Å²) in [7, 11) is 0. The van der Waals surface area contributed by atoms with Crippen LogP contribution in [0.4, 0.5) is 0 Å². The summed E-state index contributed by atoms with van der Waals surface area (Å²) in [4.78, 5) is 4.16. The summed E-state index contributed by atoms with van der Waals surface area (Å²) < 4.78 is 0. The van der Waals surface area contributed by atoms with Crippen LogP contribution in [0, 0.1) is 11.8 Å². The van der Waals surface area contributed by atoms with Crippen molar-refractivity contribution >= 4 is 11.6 Å². The summed E-state index contributed by atoms with van der Waals surface area (Å²) in [6, 6.07) is 4.51. The number of nitrogens with one attached hydrogen (secondary N) is 1. The molecule has 1 N–H and O–H groups in total. The summed E-state index contributed by atoms with van der Waals surface area (Å²) >= 11 is 5.80. The lowest BCUT2D eigenvalue weighted by Crippen LogP contribution is -2.17. The van der Waals surface area contributed by atoms with E-state index in [-0.39, 0.29) is 0 Å². The van der Waals surface area contributed by atoms with Crippen LogP contribution in [0.3, 0.4) is 0 Å². The lowest BCUT2D eigenvalue weighted by Gasteiger charge is -2.18. The molecule has 1 saturated carbocycles. The van der Waals surface area contributed by atoms with Gasteiger partial charge in [0.05, 0.1) is 0 Å². The summed E-state index contributed by atoms with van der Waals surface area (Å²) in [6.45, 7) is 1.18. The second-order valence-corrected chi connectivity index (χ2v) is 5.04. The van der Waals surface area contributed by atoms with Gasteiger partial charge in [-0.2, -0.15) is 0 Å². The Morgan fingerprint density at radius 2 is 2.27 bits per heavy atom. The highest BCUT2D eigenvalue weighted by atomic mass is 35.5. The van der Waals surface area contributed by atoms with Gasteiger partial charge in [0, 0.05) is 12.2 Å². The van der Waals surface area contributed by atoms with Crippen LogP contribution in [0.1, 0.15) is 30.9 Å². The first-order valence-electron chi connectivity index (χ1n) is 5.69. The summed E-state index contributed by atoms with van der Waals surface area (Å²) in [5, 5.41) is 4.19. The molecule has 0 spiro atoms. The highest BCUT2D eigenvalue weighted by molar-refractivity contribution is 6.29. The molecule has 80 valence electrons. The second-order valence-electron chi connectivity index (χ2n) is 4.66. The summed E-state index contributed by atoms with van der Waals surface area (Å²) in [5.41, 5.74) is 1.30. The molecule has 15 heavy (non-hydrogen) atoms. The Balaban J connectivity index is 1.85. The van der Waals surface area contributed by atoms with E-state index < -0.39 is 0 Å². The molecule has 0 amide bonds. The number of hydrogen-bond donors (Lipinski definition) is 1. The third-order valence-corrected chi connectivity index (χ3v) is 4.08. The predicted octanol–water partition coefficient (Wildman–Crippen LogP) is 2.80. The molecule has 2 aliphatic rings. The molecule has 0 radical (unpaired) electrons. The second kappa shape index (κ2) is 3.76. The zero-order chi connectivity index (χ0) is 10.3. The third kappa shape index (κ3) is 1.66. The highest BCUT2D eigenvalue weighted by Crippen LogP contribution is 2.44. The molecule has 1 aliphatic heterocycles. The van der Waals surface area contributed by atoms with Gasteiger partial charge in [0.2, 0.25) is 0 Å². The Labute approximate surface area is 95.0 Å². The van der Waals surface area contributed by atoms with Crippen molar-refractivity contribution in [1.82, 2.24) is 10.3 Å². The van der Waals surface area contributed by atoms with Gasteiger partial charge in [0.15, 0.2) is 0 Å². The lowest BCUT2D eigenvalue weighted by molar-refractivity contribution is 0.421. The van der Waals surface area contributed by atoms with Crippen LogP contribution < -0.4 is 5.32 Å². The quantitative estimate of drug-likeness (QED) is 0.740. The van der Waals surface area contributed by atoms with Crippen LogP contribution in [-0.4, -0.2) is 11.5 Å². The molecule has 1 aliphatic carbocycles. The van der Waals surface area contributed by atoms with Crippen LogP contribution in [-0.2, 0) is 0 Å². The Hall–Kier alpha value is -0.600. The third-order valence-electron chi connectivity index (χ3n) is 3.86. The zero-order valence-electron chi connectivity index (χ0n) is 8.62. The monoisotopic (exact) mass is 222 g/mol. The number of pyridine rings is 1. The number of aromatic nitrogens is 1. The molecule has 3 heteroatoms. The first kappa shape index (κ1) is 9.61. The average Bonchev–Trinajstić information content (AvgIpc) is 2.80. The van der Waals surface area contributed by atoms with Gasteiger partial charge >= 0.3 is 0 Å². The fourth-order valence-corrected chi connectivity index (χ4v) is 3.24. The highest BCUT2D eigenvalue weighted by Gasteiger charge is 2.39. The van der Waals surface area contributed by atoms with Gasteiger partial charge in [-0.05, 0) is 42.9 Å². The van der Waals surface area contributed by atoms with Crippen molar-refractivity contribution < 1.29 is 0 Å². The van der Waals surface area contributed by atoms with Gasteiger partial charge in [-0.1, -0.05) is 24.1 Å². The molecule has 2 nitrogen and oxygen atoms in total. The summed E-state index contributed by atoms with van der Waals surface area (Å²) in [5.74, 6) is 1.72. The maximum absolute atomic E-state index is 5.80. The van der Waals surface area contributed by atoms with Crippen molar-refractivity contribution in [2.45, 2.75) is 25.3 Å². The minimum atomic E-state index is 0.516. The van der Waals surface area contributed by atoms with Crippen molar-refractivity contribution in [3.05, 3.63) is 29.0 Å². The molecular weight excluding hydrogens is 208 g/mol. The minimum absolute atomic E-state index is 0.516. The molecule has 3 atom stereocenters. The topological polar surface area (TPSA) is 24.9 Å². The number of halogens is 1. The van der Waals surface area contributed by atoms with Gasteiger partial charge < -0.3 is 5.32 Å². The van der Waals surface area contributed by atoms with Crippen LogP contribution in [0.25, 0.3) is 0 Å². The molecule has 1 saturated heterocycles. The van der Waals surface area contributed by atoms with E-state index in [4.69, 9.17) is 11.6 Å². The van der Waals surface area contributed by atoms with Gasteiger partial charge in [-0.15, -0.1) is 0 Å². The average molecular weight is 223 g/mol. The van der Waals surface area contributed by atoms with Crippen LogP contribution in [0.5, 0.6) is 0 Å². The van der Waals surface area contributed by atoms with Crippen LogP contribution in [0.2, 0.25) is 5.15 Å². The molecule has 2 heterocycles. The van der Waals surface area contributed by atoms with Crippen LogP contribution >= 0.6 is 11.6 Å². The first-order valence-corrected chi connectivity index (χ1v) is 6.07. The van der Waals surface area contributed by atoms with E-state index in [1.807, 2.05) is 12.3 Å². The van der Waals surface area contributed by atoms with E-state index in [1.54, 1.807) is 0 Å². The van der Waals surface area contributed by atoms with E-state index in [0.717, 1.165) is 11.8 Å². The molecule has 3 rings (SSSR count). The molecule has 1 aromatic heterocycles. The van der Waals surface area contributed by atoms with E-state index in [0.29, 0.717) is 11.2 Å². The molecular formula is C12H15ClN2. The Morgan fingerprint density at radius 3 is 3.07 bits per heavy atom. The zero-order valence-corrected chi connectivity index (χ0v) is 9.37. The first-order chi connectivity index (χ1) is 7.34. The number of fused-ring (bicyclic) bond motifs is 1. The smallest absolute Gasteiger partial charge is 0.129 e. The SMILES string of the molecule is Clc1ccc(C2NCC3CCCC32)cn1. The Kier molecular flexibility index (Phi) is 2.41. The predicted molar refractivity (Wildman–Crippen MR) is 60.8 cm³/mol. The summed E-state index contributed by atoms with van der Waals surface area (Å²) in [6.07, 6.45) is 6.08. The maximum atomic E-state index is 5.80. The van der Waals surface area contributed by atoms with Crippen molar-refractivity contribution in [2.75, 3.05) is 6.54 Å². The minimum Gasteiger partial charge on any atom is -0.309 e. The van der Waals surface area contributed by atoms with Gasteiger partial charge in [0.25, 0.3) is 0 Å². The van der Waals surface area contributed by atoms with E-state index >= 15 is 0 Å². The molecule has 0 aromatic carbocycles. The number of hydrogen-bond acceptors (Lipinski definition) is 2. The molecule has 0 bridgehead atoms. The standard InChI is InChI=1S/C12H15ClN2/c13-11-5-4-9(7-14-11)12-10-3-1-2-8(10)6-15-12/h4-5,7-8,10,12,15H,1-3,6H2. The fourth-order valence-electron chi connectivity index (χ4n) is 3.12. The molecule has 1 aromatic rings. The Morgan fingerprint density at radius 1 is 1.33 bits per heavy atom. The number of nitrogens with zero attached hydrogens (tertiary/aromatic N) is 1.